The molecule has 0 heterocycles. The topological polar surface area (TPSA) is 173 Å². The van der Waals surface area contributed by atoms with E-state index in [1.807, 2.05) is 0 Å². The Balaban J connectivity index is 0. The van der Waals surface area contributed by atoms with Gasteiger partial charge in [0, 0.05) is 7.05 Å². The lowest BCUT2D eigenvalue weighted by molar-refractivity contribution is 0.251. The van der Waals surface area contributed by atoms with Crippen LogP contribution >= 0.6 is 0 Å². The normalized spacial score (nSPS) is 11.1. The Morgan fingerprint density at radius 3 is 1.43 bits per heavy atom. The molecule has 0 fully saturated rings. The fraction of sp³-hybridized carbons (Fsp3) is 0.500. The Kier molecular flexibility index (Phi) is 6.33. The van der Waals surface area contributed by atoms with Gasteiger partial charge < -0.3 is 11.1 Å². The minimum atomic E-state index is -5.12. The molecular weight excluding hydrogens is 244 g/mol. The van der Waals surface area contributed by atoms with Crippen LogP contribution in [0.5, 0.6) is 0 Å². The molecule has 10 nitrogen and oxygen atoms in total. The summed E-state index contributed by atoms with van der Waals surface area (Å²) < 4.78 is 55.6. The Hall–Kier alpha value is -0.950. The fourth-order valence-electron chi connectivity index (χ4n) is 0.109. The lowest BCUT2D eigenvalue weighted by Gasteiger charge is -1.89. The van der Waals surface area contributed by atoms with Gasteiger partial charge >= 0.3 is 26.8 Å². The van der Waals surface area contributed by atoms with E-state index < -0.39 is 26.8 Å². The molecule has 86 valence electrons. The molecule has 14 heavy (non-hydrogen) atoms. The third kappa shape index (κ3) is 22.5. The fourth-order valence-corrected chi connectivity index (χ4v) is 0.978. The number of nitrogens with two attached hydrogens (primary N) is 1. The smallest absolute Gasteiger partial charge is 0.352 e. The summed E-state index contributed by atoms with van der Waals surface area (Å²) in [6.45, 7) is 0. The second-order valence-electron chi connectivity index (χ2n) is 1.54. The van der Waals surface area contributed by atoms with Crippen molar-refractivity contribution in [2.45, 2.75) is 0 Å². The van der Waals surface area contributed by atoms with Crippen LogP contribution in [-0.4, -0.2) is 39.0 Å². The molecule has 0 saturated heterocycles. The van der Waals surface area contributed by atoms with Gasteiger partial charge in [0.25, 0.3) is 0 Å². The number of nitrogens with one attached hydrogen (secondary N) is 1. The maximum absolute atomic E-state index is 9.48. The quantitative estimate of drug-likeness (QED) is 0.404. The summed E-state index contributed by atoms with van der Waals surface area (Å²) in [5.41, 5.74) is 4.54. The summed E-state index contributed by atoms with van der Waals surface area (Å²) in [4.78, 5) is 9.48. The zero-order valence-electron chi connectivity index (χ0n) is 6.74. The molecule has 0 aromatic heterocycles. The van der Waals surface area contributed by atoms with E-state index in [9.17, 15) is 21.6 Å². The monoisotopic (exact) mass is 252 g/mol. The van der Waals surface area contributed by atoms with Gasteiger partial charge in [0.1, 0.15) is 0 Å². The van der Waals surface area contributed by atoms with E-state index in [1.54, 1.807) is 0 Å². The zero-order valence-corrected chi connectivity index (χ0v) is 8.37. The maximum atomic E-state index is 9.48. The predicted molar refractivity (Wildman–Crippen MR) is 42.8 cm³/mol. The van der Waals surface area contributed by atoms with Crippen molar-refractivity contribution in [3.63, 3.8) is 0 Å². The molecule has 0 aliphatic rings. The Labute approximate surface area is 80.0 Å². The Bertz CT molecular complexity index is 336. The van der Waals surface area contributed by atoms with Crippen molar-refractivity contribution in [3.05, 3.63) is 0 Å². The van der Waals surface area contributed by atoms with Crippen molar-refractivity contribution in [1.29, 1.82) is 0 Å². The molecule has 0 radical (unpaired) electrons. The Morgan fingerprint density at radius 1 is 1.21 bits per heavy atom. The van der Waals surface area contributed by atoms with Gasteiger partial charge in [-0.2, -0.15) is 16.8 Å². The van der Waals surface area contributed by atoms with Gasteiger partial charge in [0.15, 0.2) is 0 Å². The van der Waals surface area contributed by atoms with Gasteiger partial charge in [0.2, 0.25) is 0 Å². The van der Waals surface area contributed by atoms with Crippen molar-refractivity contribution >= 4 is 26.8 Å². The van der Waals surface area contributed by atoms with Gasteiger partial charge in [-0.05, 0) is 0 Å². The molecule has 0 unspecified atom stereocenters. The second-order valence-corrected chi connectivity index (χ2v) is 3.79. The van der Waals surface area contributed by atoms with Crippen LogP contribution in [0.2, 0.25) is 0 Å². The molecule has 0 saturated carbocycles. The van der Waals surface area contributed by atoms with Crippen molar-refractivity contribution in [2.24, 2.45) is 5.73 Å². The molecule has 0 aliphatic heterocycles. The van der Waals surface area contributed by atoms with Crippen LogP contribution in [0.3, 0.4) is 0 Å². The number of amides is 2. The highest BCUT2D eigenvalue weighted by atomic mass is 32.3. The molecule has 0 bridgehead atoms. The summed E-state index contributed by atoms with van der Waals surface area (Å²) >= 11 is 0. The highest BCUT2D eigenvalue weighted by Crippen LogP contribution is 1.91. The first kappa shape index (κ1) is 15.5. The highest BCUT2D eigenvalue weighted by molar-refractivity contribution is 7.94. The molecule has 0 aliphatic carbocycles. The zero-order chi connectivity index (χ0) is 12.0. The first-order chi connectivity index (χ1) is 5.98. The van der Waals surface area contributed by atoms with Crippen LogP contribution in [0.1, 0.15) is 0 Å². The van der Waals surface area contributed by atoms with Gasteiger partial charge in [-0.25, -0.2) is 4.79 Å². The highest BCUT2D eigenvalue weighted by Gasteiger charge is 2.15. The molecule has 2 amide bonds. The first-order valence-corrected chi connectivity index (χ1v) is 5.34. The number of hydrogen-bond donors (Lipinski definition) is 4. The second kappa shape index (κ2) is 5.71. The third-order valence-electron chi connectivity index (χ3n) is 0.418. The largest absolute Gasteiger partial charge is 0.413 e. The van der Waals surface area contributed by atoms with Gasteiger partial charge in [-0.1, -0.05) is 0 Å². The summed E-state index contributed by atoms with van der Waals surface area (Å²) in [7, 11) is -8.77. The van der Waals surface area contributed by atoms with E-state index in [-0.39, 0.29) is 0 Å². The molecule has 0 spiro atoms. The molecule has 0 aromatic rings. The minimum Gasteiger partial charge on any atom is -0.352 e. The van der Waals surface area contributed by atoms with E-state index in [0.29, 0.717) is 0 Å². The molecule has 0 atom stereocenters. The Morgan fingerprint density at radius 2 is 1.43 bits per heavy atom. The summed E-state index contributed by atoms with van der Waals surface area (Å²) in [6.07, 6.45) is 0. The van der Waals surface area contributed by atoms with E-state index in [1.165, 1.54) is 7.05 Å². The number of carbonyl (C=O) groups excluding carboxylic acids is 1. The van der Waals surface area contributed by atoms with Crippen molar-refractivity contribution in [1.82, 2.24) is 5.32 Å². The van der Waals surface area contributed by atoms with Crippen molar-refractivity contribution in [2.75, 3.05) is 7.05 Å². The van der Waals surface area contributed by atoms with Gasteiger partial charge in [0.05, 0.1) is 0 Å². The van der Waals surface area contributed by atoms with E-state index >= 15 is 0 Å². The molecule has 0 aromatic carbocycles. The molecule has 0 rings (SSSR count). The van der Waals surface area contributed by atoms with Crippen LogP contribution < -0.4 is 11.1 Å². The van der Waals surface area contributed by atoms with Crippen molar-refractivity contribution < 1.29 is 34.4 Å². The van der Waals surface area contributed by atoms with Gasteiger partial charge in [-0.15, -0.1) is 3.63 Å². The van der Waals surface area contributed by atoms with E-state index in [2.05, 4.69) is 14.7 Å². The molecular formula is C2H8N2O8S2. The maximum Gasteiger partial charge on any atom is 0.413 e. The van der Waals surface area contributed by atoms with Crippen molar-refractivity contribution in [3.8, 4) is 0 Å². The van der Waals surface area contributed by atoms with Crippen LogP contribution in [0.4, 0.5) is 4.79 Å². The summed E-state index contributed by atoms with van der Waals surface area (Å²) in [6, 6.07) is -0.495. The molecule has 12 heteroatoms. The summed E-state index contributed by atoms with van der Waals surface area (Å²) in [5, 5.41) is 2.17. The number of hydrogen-bond acceptors (Lipinski definition) is 6. The number of primary amides is 1. The average molecular weight is 252 g/mol. The third-order valence-corrected chi connectivity index (χ3v) is 1.79. The van der Waals surface area contributed by atoms with E-state index in [4.69, 9.17) is 9.11 Å². The van der Waals surface area contributed by atoms with Gasteiger partial charge in [-0.3, -0.25) is 9.11 Å². The van der Waals surface area contributed by atoms with Crippen LogP contribution in [0, 0.1) is 0 Å². The standard InChI is InChI=1S/C2H6N2O.H2O7S2/c1-4-2(3)5;1-8(2,3)7-9(4,5)6/h1H3,(H3,3,4,5);(H,1,2,3)(H,4,5,6). The average Bonchev–Trinajstić information content (AvgIpc) is 1.80. The predicted octanol–water partition coefficient (Wildman–Crippen LogP) is -2.11. The SMILES string of the molecule is CNC(N)=O.O=S(=O)(O)OS(=O)(=O)O. The number of urea groups is 1. The van der Waals surface area contributed by atoms with E-state index in [0.717, 1.165) is 0 Å². The number of rotatable bonds is 2. The lowest BCUT2D eigenvalue weighted by atomic mass is 11.1. The number of carbonyl (C=O) groups is 1. The minimum absolute atomic E-state index is 0.495. The van der Waals surface area contributed by atoms with Crippen LogP contribution in [0.15, 0.2) is 0 Å². The molecule has 5 N–H and O–H groups in total. The summed E-state index contributed by atoms with van der Waals surface area (Å²) in [5.74, 6) is 0. The van der Waals surface area contributed by atoms with Crippen LogP contribution in [-0.2, 0) is 24.4 Å². The lowest BCUT2D eigenvalue weighted by Crippen LogP contribution is -2.24. The van der Waals surface area contributed by atoms with Crippen LogP contribution in [0.25, 0.3) is 0 Å². The first-order valence-electron chi connectivity index (χ1n) is 2.61.